The number of likely N-dealkylation sites (N-methyl/N-ethyl adjacent to an activating group) is 1. The van der Waals surface area contributed by atoms with Crippen LogP contribution in [0, 0.1) is 5.92 Å². The fraction of sp³-hybridized carbons (Fsp3) is 0.467. The van der Waals surface area contributed by atoms with Gasteiger partial charge in [0.1, 0.15) is 5.75 Å². The smallest absolute Gasteiger partial charge is 0.119 e. The van der Waals surface area contributed by atoms with Crippen LogP contribution in [-0.2, 0) is 0 Å². The van der Waals surface area contributed by atoms with Gasteiger partial charge in [-0.1, -0.05) is 31.2 Å². The third kappa shape index (κ3) is 3.90. The van der Waals surface area contributed by atoms with Gasteiger partial charge >= 0.3 is 0 Å². The van der Waals surface area contributed by atoms with E-state index in [1.54, 1.807) is 7.11 Å². The van der Waals surface area contributed by atoms with E-state index < -0.39 is 0 Å². The summed E-state index contributed by atoms with van der Waals surface area (Å²) in [4.78, 5) is 0. The van der Waals surface area contributed by atoms with Gasteiger partial charge in [-0.3, -0.25) is 0 Å². The molecule has 0 fully saturated rings. The first-order valence-corrected chi connectivity index (χ1v) is 6.14. The standard InChI is InChI=1S/C15H23NO/c1-5-7-12(2)15(11-16-3)13-8-6-9-14(10-13)17-4/h5-10,12,15-16H,11H2,1-4H3/b7-5+/t12-,15-/m1/s1. The molecule has 2 heteroatoms. The molecule has 0 aromatic heterocycles. The molecule has 0 bridgehead atoms. The summed E-state index contributed by atoms with van der Waals surface area (Å²) in [6.07, 6.45) is 4.37. The number of allylic oxidation sites excluding steroid dienone is 2. The highest BCUT2D eigenvalue weighted by Crippen LogP contribution is 2.27. The van der Waals surface area contributed by atoms with Crippen LogP contribution in [0.2, 0.25) is 0 Å². The van der Waals surface area contributed by atoms with Crippen molar-refractivity contribution >= 4 is 0 Å². The number of hydrogen-bond donors (Lipinski definition) is 1. The number of rotatable bonds is 6. The van der Waals surface area contributed by atoms with Crippen LogP contribution in [0.15, 0.2) is 36.4 Å². The van der Waals surface area contributed by atoms with Crippen molar-refractivity contribution in [1.29, 1.82) is 0 Å². The summed E-state index contributed by atoms with van der Waals surface area (Å²) in [6, 6.07) is 8.34. The summed E-state index contributed by atoms with van der Waals surface area (Å²) in [5, 5.41) is 3.27. The lowest BCUT2D eigenvalue weighted by atomic mass is 9.86. The van der Waals surface area contributed by atoms with E-state index in [1.165, 1.54) is 5.56 Å². The van der Waals surface area contributed by atoms with Crippen molar-refractivity contribution in [3.05, 3.63) is 42.0 Å². The Bertz CT molecular complexity index is 360. The molecule has 17 heavy (non-hydrogen) atoms. The van der Waals surface area contributed by atoms with Crippen molar-refractivity contribution in [1.82, 2.24) is 5.32 Å². The third-order valence-electron chi connectivity index (χ3n) is 3.08. The molecule has 0 unspecified atom stereocenters. The van der Waals surface area contributed by atoms with Crippen LogP contribution in [0.4, 0.5) is 0 Å². The summed E-state index contributed by atoms with van der Waals surface area (Å²) in [5.74, 6) is 1.92. The van der Waals surface area contributed by atoms with Crippen LogP contribution in [-0.4, -0.2) is 20.7 Å². The first-order chi connectivity index (χ1) is 8.22. The molecule has 1 N–H and O–H groups in total. The van der Waals surface area contributed by atoms with Gasteiger partial charge in [-0.25, -0.2) is 0 Å². The van der Waals surface area contributed by atoms with Gasteiger partial charge in [0.15, 0.2) is 0 Å². The summed E-state index contributed by atoms with van der Waals surface area (Å²) >= 11 is 0. The normalized spacial score (nSPS) is 14.8. The Morgan fingerprint density at radius 1 is 1.41 bits per heavy atom. The molecule has 1 aromatic rings. The molecule has 0 aliphatic heterocycles. The van der Waals surface area contributed by atoms with Crippen LogP contribution in [0.25, 0.3) is 0 Å². The zero-order valence-corrected chi connectivity index (χ0v) is 11.2. The molecule has 2 atom stereocenters. The molecule has 1 aromatic carbocycles. The Labute approximate surface area is 105 Å². The minimum atomic E-state index is 0.478. The predicted octanol–water partition coefficient (Wildman–Crippen LogP) is 3.21. The number of nitrogens with one attached hydrogen (secondary N) is 1. The van der Waals surface area contributed by atoms with Crippen molar-refractivity contribution in [2.75, 3.05) is 20.7 Å². The average molecular weight is 233 g/mol. The zero-order valence-electron chi connectivity index (χ0n) is 11.2. The minimum Gasteiger partial charge on any atom is -0.497 e. The Hall–Kier alpha value is -1.28. The fourth-order valence-electron chi connectivity index (χ4n) is 2.14. The van der Waals surface area contributed by atoms with Gasteiger partial charge in [0.25, 0.3) is 0 Å². The summed E-state index contributed by atoms with van der Waals surface area (Å²) in [5.41, 5.74) is 1.32. The summed E-state index contributed by atoms with van der Waals surface area (Å²) in [7, 11) is 3.71. The second kappa shape index (κ2) is 7.13. The molecule has 0 spiro atoms. The van der Waals surface area contributed by atoms with E-state index in [1.807, 2.05) is 13.1 Å². The lowest BCUT2D eigenvalue weighted by Crippen LogP contribution is -2.21. The molecule has 1 rings (SSSR count). The monoisotopic (exact) mass is 233 g/mol. The van der Waals surface area contributed by atoms with Gasteiger partial charge in [-0.05, 0) is 37.6 Å². The maximum Gasteiger partial charge on any atom is 0.119 e. The van der Waals surface area contributed by atoms with Gasteiger partial charge in [-0.15, -0.1) is 0 Å². The second-order valence-corrected chi connectivity index (χ2v) is 4.33. The van der Waals surface area contributed by atoms with E-state index in [0.717, 1.165) is 12.3 Å². The molecule has 0 saturated heterocycles. The maximum absolute atomic E-state index is 5.28. The number of benzene rings is 1. The van der Waals surface area contributed by atoms with Crippen molar-refractivity contribution in [3.8, 4) is 5.75 Å². The van der Waals surface area contributed by atoms with Gasteiger partial charge in [-0.2, -0.15) is 0 Å². The molecule has 0 heterocycles. The SMILES string of the molecule is C/C=C/[C@@H](C)[C@@H](CNC)c1cccc(OC)c1. The fourth-order valence-corrected chi connectivity index (χ4v) is 2.14. The zero-order chi connectivity index (χ0) is 12.7. The molecule has 2 nitrogen and oxygen atoms in total. The number of hydrogen-bond acceptors (Lipinski definition) is 2. The van der Waals surface area contributed by atoms with Crippen LogP contribution < -0.4 is 10.1 Å². The number of methoxy groups -OCH3 is 1. The van der Waals surface area contributed by atoms with E-state index in [4.69, 9.17) is 4.74 Å². The van der Waals surface area contributed by atoms with E-state index >= 15 is 0 Å². The first kappa shape index (κ1) is 13.8. The van der Waals surface area contributed by atoms with Crippen LogP contribution in [0.1, 0.15) is 25.3 Å². The van der Waals surface area contributed by atoms with Crippen molar-refractivity contribution in [3.63, 3.8) is 0 Å². The van der Waals surface area contributed by atoms with Crippen LogP contribution in [0.3, 0.4) is 0 Å². The first-order valence-electron chi connectivity index (χ1n) is 6.14. The van der Waals surface area contributed by atoms with Gasteiger partial charge in [0.2, 0.25) is 0 Å². The Balaban J connectivity index is 2.95. The van der Waals surface area contributed by atoms with Crippen molar-refractivity contribution in [2.45, 2.75) is 19.8 Å². The van der Waals surface area contributed by atoms with Gasteiger partial charge in [0, 0.05) is 12.5 Å². The highest BCUT2D eigenvalue weighted by molar-refractivity contribution is 5.32. The third-order valence-corrected chi connectivity index (χ3v) is 3.08. The van der Waals surface area contributed by atoms with Crippen molar-refractivity contribution < 1.29 is 4.74 Å². The molecule has 0 aliphatic rings. The van der Waals surface area contributed by atoms with E-state index in [2.05, 4.69) is 49.5 Å². The van der Waals surface area contributed by atoms with Crippen LogP contribution >= 0.6 is 0 Å². The number of ether oxygens (including phenoxy) is 1. The van der Waals surface area contributed by atoms with Gasteiger partial charge in [0.05, 0.1) is 7.11 Å². The lowest BCUT2D eigenvalue weighted by molar-refractivity contribution is 0.412. The lowest BCUT2D eigenvalue weighted by Gasteiger charge is -2.22. The second-order valence-electron chi connectivity index (χ2n) is 4.33. The molecule has 0 saturated carbocycles. The predicted molar refractivity (Wildman–Crippen MR) is 73.6 cm³/mol. The van der Waals surface area contributed by atoms with Gasteiger partial charge < -0.3 is 10.1 Å². The minimum absolute atomic E-state index is 0.478. The van der Waals surface area contributed by atoms with E-state index in [9.17, 15) is 0 Å². The molecule has 0 radical (unpaired) electrons. The quantitative estimate of drug-likeness (QED) is 0.762. The molecular formula is C15H23NO. The highest BCUT2D eigenvalue weighted by Gasteiger charge is 2.16. The molecular weight excluding hydrogens is 210 g/mol. The summed E-state index contributed by atoms with van der Waals surface area (Å²) < 4.78 is 5.28. The molecule has 94 valence electrons. The molecule has 0 amide bonds. The van der Waals surface area contributed by atoms with Crippen molar-refractivity contribution in [2.24, 2.45) is 5.92 Å². The Morgan fingerprint density at radius 2 is 2.18 bits per heavy atom. The maximum atomic E-state index is 5.28. The average Bonchev–Trinajstić information content (AvgIpc) is 2.36. The Morgan fingerprint density at radius 3 is 2.76 bits per heavy atom. The van der Waals surface area contributed by atoms with Crippen LogP contribution in [0.5, 0.6) is 5.75 Å². The molecule has 0 aliphatic carbocycles. The van der Waals surface area contributed by atoms with E-state index in [-0.39, 0.29) is 0 Å². The summed E-state index contributed by atoms with van der Waals surface area (Å²) in [6.45, 7) is 5.29. The Kier molecular flexibility index (Phi) is 5.78. The van der Waals surface area contributed by atoms with E-state index in [0.29, 0.717) is 11.8 Å². The largest absolute Gasteiger partial charge is 0.497 e. The highest BCUT2D eigenvalue weighted by atomic mass is 16.5. The topological polar surface area (TPSA) is 21.3 Å².